The van der Waals surface area contributed by atoms with Crippen LogP contribution in [-0.2, 0) is 20.9 Å². The van der Waals surface area contributed by atoms with Crippen molar-refractivity contribution in [3.63, 3.8) is 0 Å². The van der Waals surface area contributed by atoms with Gasteiger partial charge in [-0.05, 0) is 55.4 Å². The maximum absolute atomic E-state index is 13.5. The summed E-state index contributed by atoms with van der Waals surface area (Å²) in [6, 6.07) is 17.2. The molecule has 2 saturated heterocycles. The average molecular weight is 593 g/mol. The molecule has 1 saturated carbocycles. The maximum atomic E-state index is 13.5. The zero-order valence-corrected chi connectivity index (χ0v) is 25.6. The minimum Gasteiger partial charge on any atom is -0.497 e. The first kappa shape index (κ1) is 32.0. The number of imide groups is 1. The molecule has 3 aliphatic rings. The molecule has 1 atom stereocenters. The second-order valence-electron chi connectivity index (χ2n) is 12.0. The average Bonchev–Trinajstić information content (AvgIpc) is 3.86. The number of nitrogens with one attached hydrogen (secondary N) is 1. The van der Waals surface area contributed by atoms with Crippen LogP contribution in [0, 0.1) is 11.8 Å². The maximum Gasteiger partial charge on any atom is 0.327 e. The van der Waals surface area contributed by atoms with E-state index in [2.05, 4.69) is 10.2 Å². The minimum atomic E-state index is -0.787. The zero-order valence-electron chi connectivity index (χ0n) is 25.6. The van der Waals surface area contributed by atoms with E-state index in [1.54, 1.807) is 19.1 Å². The number of methoxy groups -OCH3 is 1. The molecule has 2 aromatic rings. The zero-order chi connectivity index (χ0) is 31.1. The lowest BCUT2D eigenvalue weighted by Crippen LogP contribution is -2.55. The highest BCUT2D eigenvalue weighted by Crippen LogP contribution is 2.37. The topological polar surface area (TPSA) is 119 Å². The fourth-order valence-corrected chi connectivity index (χ4v) is 5.58. The summed E-state index contributed by atoms with van der Waals surface area (Å²) in [6.07, 6.45) is 3.77. The second-order valence-corrected chi connectivity index (χ2v) is 12.0. The number of rotatable bonds is 10. The van der Waals surface area contributed by atoms with Crippen LogP contribution in [0.3, 0.4) is 0 Å². The monoisotopic (exact) mass is 592 g/mol. The summed E-state index contributed by atoms with van der Waals surface area (Å²) < 4.78 is 5.21. The van der Waals surface area contributed by atoms with Crippen molar-refractivity contribution in [2.45, 2.75) is 64.1 Å². The highest BCUT2D eigenvalue weighted by atomic mass is 16.5. The van der Waals surface area contributed by atoms with Crippen molar-refractivity contribution >= 4 is 23.8 Å². The van der Waals surface area contributed by atoms with Gasteiger partial charge in [-0.15, -0.1) is 0 Å². The fraction of sp³-hybridized carbons (Fsp3) is 0.515. The van der Waals surface area contributed by atoms with Gasteiger partial charge in [0, 0.05) is 32.6 Å². The van der Waals surface area contributed by atoms with E-state index in [1.165, 1.54) is 4.90 Å². The van der Waals surface area contributed by atoms with Crippen LogP contribution in [0.5, 0.6) is 5.75 Å². The lowest BCUT2D eigenvalue weighted by molar-refractivity contribution is -0.138. The number of nitrogens with zero attached hydrogens (tertiary/aromatic N) is 3. The highest BCUT2D eigenvalue weighted by molar-refractivity contribution is 6.07. The van der Waals surface area contributed by atoms with Crippen LogP contribution in [0.15, 0.2) is 54.6 Å². The number of benzene rings is 2. The Kier molecular flexibility index (Phi) is 10.4. The molecule has 2 aromatic carbocycles. The number of piperidine rings is 1. The van der Waals surface area contributed by atoms with Gasteiger partial charge < -0.3 is 25.0 Å². The molecule has 5 rings (SSSR count). The molecular formula is C33H44N4O6. The molecule has 43 heavy (non-hydrogen) atoms. The van der Waals surface area contributed by atoms with Crippen LogP contribution in [0.4, 0.5) is 4.79 Å². The van der Waals surface area contributed by atoms with Gasteiger partial charge in [-0.25, -0.2) is 4.79 Å². The number of likely N-dealkylation sites (tertiary alicyclic amines) is 1. The molecule has 2 N–H and O–H groups in total. The van der Waals surface area contributed by atoms with Gasteiger partial charge in [-0.1, -0.05) is 56.3 Å². The number of carbonyl (C=O) groups is 4. The van der Waals surface area contributed by atoms with E-state index in [4.69, 9.17) is 9.84 Å². The molecule has 232 valence electrons. The molecule has 1 spiro atoms. The standard InChI is InChI=1S/C29H38N4O4.C4H6O2/c1-21(2)26(34)30-25(23-8-6-5-7-9-23)14-17-32-18-15-29(16-19-32)27(35)33(28(36)31(29)3)20-22-10-12-24(37-4)13-11-22;5-4(6)3-1-2-3/h5-13,21,25H,14-20H2,1-4H3,(H,30,34);3H,1-2H2,(H,5,6)/t25-;/m0./s1. The van der Waals surface area contributed by atoms with Crippen molar-refractivity contribution < 1.29 is 29.0 Å². The molecule has 2 aliphatic heterocycles. The number of hydrogen-bond acceptors (Lipinski definition) is 6. The third kappa shape index (κ3) is 7.73. The van der Waals surface area contributed by atoms with Gasteiger partial charge in [0.2, 0.25) is 5.91 Å². The number of aliphatic carboxylic acids is 1. The number of carboxylic acids is 1. The van der Waals surface area contributed by atoms with E-state index in [9.17, 15) is 19.2 Å². The third-order valence-corrected chi connectivity index (χ3v) is 8.69. The molecular weight excluding hydrogens is 548 g/mol. The van der Waals surface area contributed by atoms with Crippen molar-refractivity contribution in [3.05, 3.63) is 65.7 Å². The predicted molar refractivity (Wildman–Crippen MR) is 162 cm³/mol. The fourth-order valence-electron chi connectivity index (χ4n) is 5.58. The quantitative estimate of drug-likeness (QED) is 0.395. The number of likely N-dealkylation sites (N-methyl/N-ethyl adjacent to an activating group) is 1. The molecule has 0 unspecified atom stereocenters. The van der Waals surface area contributed by atoms with Crippen molar-refractivity contribution in [3.8, 4) is 5.75 Å². The van der Waals surface area contributed by atoms with E-state index in [0.717, 1.165) is 55.8 Å². The summed E-state index contributed by atoms with van der Waals surface area (Å²) in [7, 11) is 3.36. The Hall–Kier alpha value is -3.92. The van der Waals surface area contributed by atoms with E-state index in [0.29, 0.717) is 12.8 Å². The minimum absolute atomic E-state index is 0.0185. The number of hydrogen-bond donors (Lipinski definition) is 2. The van der Waals surface area contributed by atoms with Crippen LogP contribution in [0.25, 0.3) is 0 Å². The van der Waals surface area contributed by atoms with Crippen LogP contribution < -0.4 is 10.1 Å². The molecule has 10 heteroatoms. The lowest BCUT2D eigenvalue weighted by atomic mass is 9.86. The summed E-state index contributed by atoms with van der Waals surface area (Å²) in [6.45, 7) is 6.30. The van der Waals surface area contributed by atoms with Crippen LogP contribution in [-0.4, -0.2) is 83.0 Å². The van der Waals surface area contributed by atoms with Crippen molar-refractivity contribution in [1.29, 1.82) is 0 Å². The summed E-state index contributed by atoms with van der Waals surface area (Å²) in [5.74, 6) is -0.0210. The number of carbonyl (C=O) groups excluding carboxylic acids is 3. The summed E-state index contributed by atoms with van der Waals surface area (Å²) in [4.78, 5) is 54.2. The Morgan fingerprint density at radius 1 is 1.02 bits per heavy atom. The smallest absolute Gasteiger partial charge is 0.327 e. The Labute approximate surface area is 254 Å². The van der Waals surface area contributed by atoms with Crippen molar-refractivity contribution in [1.82, 2.24) is 20.0 Å². The predicted octanol–water partition coefficient (Wildman–Crippen LogP) is 4.31. The van der Waals surface area contributed by atoms with Gasteiger partial charge in [0.25, 0.3) is 5.91 Å². The number of ether oxygens (including phenoxy) is 1. The van der Waals surface area contributed by atoms with Gasteiger partial charge in [0.15, 0.2) is 0 Å². The van der Waals surface area contributed by atoms with Gasteiger partial charge in [-0.2, -0.15) is 0 Å². The molecule has 10 nitrogen and oxygen atoms in total. The Bertz CT molecular complexity index is 1270. The van der Waals surface area contributed by atoms with Crippen LogP contribution in [0.2, 0.25) is 0 Å². The van der Waals surface area contributed by atoms with E-state index >= 15 is 0 Å². The largest absolute Gasteiger partial charge is 0.497 e. The van der Waals surface area contributed by atoms with Crippen LogP contribution in [0.1, 0.15) is 63.1 Å². The summed E-state index contributed by atoms with van der Waals surface area (Å²) in [5.41, 5.74) is 1.20. The van der Waals surface area contributed by atoms with Crippen LogP contribution >= 0.6 is 0 Å². The summed E-state index contributed by atoms with van der Waals surface area (Å²) in [5, 5.41) is 11.2. The Morgan fingerprint density at radius 2 is 1.65 bits per heavy atom. The summed E-state index contributed by atoms with van der Waals surface area (Å²) >= 11 is 0. The normalized spacial score (nSPS) is 18.8. The first-order valence-corrected chi connectivity index (χ1v) is 15.1. The molecule has 2 heterocycles. The van der Waals surface area contributed by atoms with Gasteiger partial charge in [0.05, 0.1) is 25.6 Å². The van der Waals surface area contributed by atoms with Gasteiger partial charge >= 0.3 is 12.0 Å². The van der Waals surface area contributed by atoms with Crippen molar-refractivity contribution in [2.75, 3.05) is 33.8 Å². The third-order valence-electron chi connectivity index (χ3n) is 8.69. The molecule has 3 fully saturated rings. The lowest BCUT2D eigenvalue weighted by Gasteiger charge is -2.41. The Balaban J connectivity index is 0.000000628. The van der Waals surface area contributed by atoms with E-state index < -0.39 is 11.5 Å². The first-order chi connectivity index (χ1) is 20.6. The SMILES string of the molecule is COc1ccc(CN2C(=O)N(C)C3(CCN(CC[C@H](NC(=O)C(C)C)c4ccccc4)CC3)C2=O)cc1.O=C(O)C1CC1. The first-order valence-electron chi connectivity index (χ1n) is 15.1. The van der Waals surface area contributed by atoms with E-state index in [1.807, 2.05) is 68.4 Å². The number of urea groups is 1. The molecule has 4 amide bonds. The van der Waals surface area contributed by atoms with E-state index in [-0.39, 0.29) is 42.3 Å². The molecule has 0 bridgehead atoms. The van der Waals surface area contributed by atoms with Gasteiger partial charge in [0.1, 0.15) is 11.3 Å². The molecule has 0 aromatic heterocycles. The number of amides is 4. The number of carboxylic acid groups (broad SMARTS) is 1. The van der Waals surface area contributed by atoms with Gasteiger partial charge in [-0.3, -0.25) is 19.3 Å². The second kappa shape index (κ2) is 14.0. The Morgan fingerprint density at radius 3 is 2.16 bits per heavy atom. The van der Waals surface area contributed by atoms with Crippen molar-refractivity contribution in [2.24, 2.45) is 11.8 Å². The highest BCUT2D eigenvalue weighted by Gasteiger charge is 2.56. The molecule has 1 aliphatic carbocycles. The molecule has 0 radical (unpaired) electrons.